The third-order valence-electron chi connectivity index (χ3n) is 4.44. The Morgan fingerprint density at radius 1 is 1.21 bits per heavy atom. The van der Waals surface area contributed by atoms with Gasteiger partial charge in [0, 0.05) is 22.5 Å². The van der Waals surface area contributed by atoms with E-state index >= 15 is 0 Å². The van der Waals surface area contributed by atoms with E-state index in [-0.39, 0.29) is 6.04 Å². The summed E-state index contributed by atoms with van der Waals surface area (Å²) in [6.45, 7) is 1.83. The fourth-order valence-electron chi connectivity index (χ4n) is 3.18. The highest BCUT2D eigenvalue weighted by Gasteiger charge is 2.29. The molecule has 1 aliphatic rings. The van der Waals surface area contributed by atoms with Gasteiger partial charge in [-0.25, -0.2) is 0 Å². The molecule has 6 heteroatoms. The predicted molar refractivity (Wildman–Crippen MR) is 96.1 cm³/mol. The molecule has 0 bridgehead atoms. The van der Waals surface area contributed by atoms with E-state index in [1.54, 1.807) is 11.3 Å². The van der Waals surface area contributed by atoms with E-state index in [0.29, 0.717) is 11.8 Å². The Bertz CT molecular complexity index is 802. The molecular weight excluding hydrogens is 342 g/mol. The van der Waals surface area contributed by atoms with Crippen LogP contribution in [0.4, 0.5) is 0 Å². The van der Waals surface area contributed by atoms with E-state index in [9.17, 15) is 0 Å². The first kappa shape index (κ1) is 15.8. The number of hydrogen-bond donors (Lipinski definition) is 0. The van der Waals surface area contributed by atoms with Crippen LogP contribution < -0.4 is 0 Å². The Morgan fingerprint density at radius 3 is 2.96 bits per heavy atom. The van der Waals surface area contributed by atoms with Crippen molar-refractivity contribution in [3.05, 3.63) is 57.6 Å². The van der Waals surface area contributed by atoms with Crippen LogP contribution in [0.1, 0.15) is 36.8 Å². The number of thiophene rings is 1. The molecule has 1 fully saturated rings. The Hall–Kier alpha value is -1.69. The monoisotopic (exact) mass is 359 g/mol. The lowest BCUT2D eigenvalue weighted by Gasteiger charge is -2.33. The third-order valence-corrected chi connectivity index (χ3v) is 5.49. The highest BCUT2D eigenvalue weighted by Crippen LogP contribution is 2.34. The second-order valence-corrected chi connectivity index (χ2v) is 7.22. The van der Waals surface area contributed by atoms with Gasteiger partial charge in [0.2, 0.25) is 11.8 Å². The lowest BCUT2D eigenvalue weighted by molar-refractivity contribution is 0.118. The summed E-state index contributed by atoms with van der Waals surface area (Å²) >= 11 is 7.96. The quantitative estimate of drug-likeness (QED) is 0.643. The van der Waals surface area contributed by atoms with Crippen LogP contribution in [0, 0.1) is 0 Å². The average Bonchev–Trinajstić information content (AvgIpc) is 3.28. The van der Waals surface area contributed by atoms with E-state index in [2.05, 4.69) is 21.2 Å². The number of benzene rings is 1. The van der Waals surface area contributed by atoms with Gasteiger partial charge in [0.15, 0.2) is 0 Å². The summed E-state index contributed by atoms with van der Waals surface area (Å²) in [5, 5.41) is 13.4. The summed E-state index contributed by atoms with van der Waals surface area (Å²) in [6, 6.07) is 10.2. The zero-order valence-electron chi connectivity index (χ0n) is 13.2. The number of likely N-dealkylation sites (tertiary alicyclic amines) is 1. The second-order valence-electron chi connectivity index (χ2n) is 6.03. The fourth-order valence-corrected chi connectivity index (χ4v) is 4.00. The molecule has 1 saturated heterocycles. The van der Waals surface area contributed by atoms with Gasteiger partial charge in [0.25, 0.3) is 0 Å². The molecule has 4 rings (SSSR count). The van der Waals surface area contributed by atoms with Gasteiger partial charge in [-0.15, -0.1) is 10.2 Å². The zero-order chi connectivity index (χ0) is 16.4. The van der Waals surface area contributed by atoms with Gasteiger partial charge in [-0.2, -0.15) is 11.3 Å². The van der Waals surface area contributed by atoms with Crippen LogP contribution in [-0.4, -0.2) is 21.6 Å². The van der Waals surface area contributed by atoms with E-state index in [4.69, 9.17) is 16.0 Å². The number of halogens is 1. The molecule has 124 valence electrons. The SMILES string of the molecule is Clc1ccccc1CN1CCCC[C@H]1c1nnc(-c2ccsc2)o1. The van der Waals surface area contributed by atoms with Crippen molar-refractivity contribution in [2.75, 3.05) is 6.54 Å². The second kappa shape index (κ2) is 7.05. The van der Waals surface area contributed by atoms with Crippen molar-refractivity contribution in [3.63, 3.8) is 0 Å². The summed E-state index contributed by atoms with van der Waals surface area (Å²) in [7, 11) is 0. The van der Waals surface area contributed by atoms with E-state index < -0.39 is 0 Å². The highest BCUT2D eigenvalue weighted by molar-refractivity contribution is 7.08. The largest absolute Gasteiger partial charge is 0.419 e. The van der Waals surface area contributed by atoms with Crippen LogP contribution in [0.3, 0.4) is 0 Å². The Morgan fingerprint density at radius 2 is 2.12 bits per heavy atom. The van der Waals surface area contributed by atoms with Gasteiger partial charge in [-0.05, 0) is 42.5 Å². The number of rotatable bonds is 4. The lowest BCUT2D eigenvalue weighted by Crippen LogP contribution is -2.33. The van der Waals surface area contributed by atoms with Crippen molar-refractivity contribution in [2.24, 2.45) is 0 Å². The minimum absolute atomic E-state index is 0.162. The molecule has 0 amide bonds. The van der Waals surface area contributed by atoms with Crippen LogP contribution >= 0.6 is 22.9 Å². The van der Waals surface area contributed by atoms with Crippen molar-refractivity contribution < 1.29 is 4.42 Å². The molecule has 0 radical (unpaired) electrons. The van der Waals surface area contributed by atoms with Gasteiger partial charge in [0.05, 0.1) is 6.04 Å². The average molecular weight is 360 g/mol. The molecule has 3 aromatic rings. The molecule has 3 heterocycles. The standard InChI is InChI=1S/C18H18ClN3OS/c19-15-6-2-1-5-13(15)11-22-9-4-3-7-16(22)18-21-20-17(23-18)14-8-10-24-12-14/h1-2,5-6,8,10,12,16H,3-4,7,9,11H2/t16-/m0/s1. The van der Waals surface area contributed by atoms with E-state index in [0.717, 1.165) is 35.7 Å². The Balaban J connectivity index is 1.57. The van der Waals surface area contributed by atoms with E-state index in [1.165, 1.54) is 12.8 Å². The third kappa shape index (κ3) is 3.24. The highest BCUT2D eigenvalue weighted by atomic mass is 35.5. The maximum Gasteiger partial charge on any atom is 0.248 e. The summed E-state index contributed by atoms with van der Waals surface area (Å²) in [6.07, 6.45) is 3.40. The minimum Gasteiger partial charge on any atom is -0.419 e. The molecule has 1 aliphatic heterocycles. The molecule has 0 unspecified atom stereocenters. The van der Waals surface area contributed by atoms with Crippen molar-refractivity contribution in [3.8, 4) is 11.5 Å². The van der Waals surface area contributed by atoms with Crippen LogP contribution in [0.25, 0.3) is 11.5 Å². The molecule has 4 nitrogen and oxygen atoms in total. The normalized spacial score (nSPS) is 18.8. The number of piperidine rings is 1. The molecule has 24 heavy (non-hydrogen) atoms. The van der Waals surface area contributed by atoms with Crippen LogP contribution in [0.15, 0.2) is 45.5 Å². The maximum atomic E-state index is 6.33. The van der Waals surface area contributed by atoms with Crippen molar-refractivity contribution in [1.29, 1.82) is 0 Å². The Labute approximate surface area is 150 Å². The van der Waals surface area contributed by atoms with Gasteiger partial charge >= 0.3 is 0 Å². The predicted octanol–water partition coefficient (Wildman–Crippen LogP) is 5.18. The molecular formula is C18H18ClN3OS. The minimum atomic E-state index is 0.162. The summed E-state index contributed by atoms with van der Waals surface area (Å²) in [4.78, 5) is 2.40. The molecule has 0 saturated carbocycles. The zero-order valence-corrected chi connectivity index (χ0v) is 14.8. The van der Waals surface area contributed by atoms with Crippen molar-refractivity contribution in [1.82, 2.24) is 15.1 Å². The van der Waals surface area contributed by atoms with Gasteiger partial charge < -0.3 is 4.42 Å². The van der Waals surface area contributed by atoms with Crippen LogP contribution in [0.5, 0.6) is 0 Å². The van der Waals surface area contributed by atoms with Crippen LogP contribution in [-0.2, 0) is 6.54 Å². The van der Waals surface area contributed by atoms with Gasteiger partial charge in [-0.1, -0.05) is 36.2 Å². The number of hydrogen-bond acceptors (Lipinski definition) is 5. The number of aromatic nitrogens is 2. The molecule has 2 aromatic heterocycles. The molecule has 1 aromatic carbocycles. The van der Waals surface area contributed by atoms with E-state index in [1.807, 2.05) is 35.0 Å². The van der Waals surface area contributed by atoms with Gasteiger partial charge in [0.1, 0.15) is 0 Å². The summed E-state index contributed by atoms with van der Waals surface area (Å²) in [5.74, 6) is 1.32. The molecule has 0 spiro atoms. The lowest BCUT2D eigenvalue weighted by atomic mass is 10.0. The number of nitrogens with zero attached hydrogens (tertiary/aromatic N) is 3. The summed E-state index contributed by atoms with van der Waals surface area (Å²) in [5.41, 5.74) is 2.14. The van der Waals surface area contributed by atoms with Crippen molar-refractivity contribution in [2.45, 2.75) is 31.8 Å². The summed E-state index contributed by atoms with van der Waals surface area (Å²) < 4.78 is 5.98. The van der Waals surface area contributed by atoms with Crippen molar-refractivity contribution >= 4 is 22.9 Å². The first-order chi connectivity index (χ1) is 11.8. The maximum absolute atomic E-state index is 6.33. The first-order valence-corrected chi connectivity index (χ1v) is 9.47. The first-order valence-electron chi connectivity index (χ1n) is 8.15. The van der Waals surface area contributed by atoms with Crippen LogP contribution in [0.2, 0.25) is 5.02 Å². The smallest absolute Gasteiger partial charge is 0.248 e. The fraction of sp³-hybridized carbons (Fsp3) is 0.333. The topological polar surface area (TPSA) is 42.2 Å². The molecule has 0 N–H and O–H groups in total. The van der Waals surface area contributed by atoms with Gasteiger partial charge in [-0.3, -0.25) is 4.90 Å². The Kier molecular flexibility index (Phi) is 4.65. The molecule has 1 atom stereocenters. The molecule has 0 aliphatic carbocycles.